The fourth-order valence-corrected chi connectivity index (χ4v) is 5.27. The minimum atomic E-state index is -0.571. The fraction of sp³-hybridized carbons (Fsp3) is 0.667. The van der Waals surface area contributed by atoms with Gasteiger partial charge in [-0.1, -0.05) is 90.6 Å². The third-order valence-corrected chi connectivity index (χ3v) is 7.37. The Bertz CT molecular complexity index is 523. The summed E-state index contributed by atoms with van der Waals surface area (Å²) in [5.74, 6) is -0.244. The lowest BCUT2D eigenvalue weighted by atomic mass is 10.2. The average Bonchev–Trinajstić information content (AvgIpc) is 2.74. The number of rotatable bonds is 17. The molecule has 1 aromatic rings. The summed E-state index contributed by atoms with van der Waals surface area (Å²) < 4.78 is 10.7. The molecule has 0 unspecified atom stereocenters. The predicted octanol–water partition coefficient (Wildman–Crippen LogP) is 5.44. The van der Waals surface area contributed by atoms with Gasteiger partial charge in [-0.05, 0) is 30.5 Å². The van der Waals surface area contributed by atoms with Crippen molar-refractivity contribution in [1.82, 2.24) is 0 Å². The topological polar surface area (TPSA) is 52.6 Å². The molecule has 30 heavy (non-hydrogen) atoms. The molecule has 6 heteroatoms. The summed E-state index contributed by atoms with van der Waals surface area (Å²) in [5, 5.41) is 1.23. The van der Waals surface area contributed by atoms with Gasteiger partial charge in [-0.15, -0.1) is 0 Å². The van der Waals surface area contributed by atoms with Gasteiger partial charge in [0, 0.05) is 21.3 Å². The maximum atomic E-state index is 12.1. The van der Waals surface area contributed by atoms with E-state index in [2.05, 4.69) is 26.0 Å². The van der Waals surface area contributed by atoms with E-state index in [4.69, 9.17) is 9.47 Å². The Morgan fingerprint density at radius 2 is 1.20 bits per heavy atom. The van der Waals surface area contributed by atoms with Gasteiger partial charge in [0.2, 0.25) is 0 Å². The number of hydrogen-bond donors (Lipinski definition) is 0. The van der Waals surface area contributed by atoms with Crippen LogP contribution in [0.15, 0.2) is 30.3 Å². The highest BCUT2D eigenvalue weighted by atomic mass is 31.1. The molecule has 1 aromatic carbocycles. The maximum Gasteiger partial charge on any atom is 0.306 e. The highest BCUT2D eigenvalue weighted by Crippen LogP contribution is 2.36. The fourth-order valence-electron chi connectivity index (χ4n) is 3.04. The van der Waals surface area contributed by atoms with Gasteiger partial charge < -0.3 is 9.47 Å². The molecule has 167 valence electrons. The highest BCUT2D eigenvalue weighted by molar-refractivity contribution is 7.65. The lowest BCUT2D eigenvalue weighted by Gasteiger charge is -2.17. The standard InChI is InChI=1S/C24H39O4P.B/c1-3-5-7-12-18-27-23(25)16-20-29(22-14-10-9-11-15-22)21-17-24(26)28-19-13-8-6-4-2;/h9-11,14-15H,3-8,12-13,16-21H2,1-2H3;. The number of carbonyl (C=O) groups is 2. The van der Waals surface area contributed by atoms with Gasteiger partial charge in [0.15, 0.2) is 0 Å². The van der Waals surface area contributed by atoms with Crippen LogP contribution in [0.1, 0.15) is 78.1 Å². The van der Waals surface area contributed by atoms with Crippen molar-refractivity contribution in [3.05, 3.63) is 30.3 Å². The molecule has 0 heterocycles. The van der Waals surface area contributed by atoms with Crippen LogP contribution in [0.5, 0.6) is 0 Å². The number of unbranched alkanes of at least 4 members (excludes halogenated alkanes) is 6. The molecule has 0 amide bonds. The minimum Gasteiger partial charge on any atom is -0.466 e. The van der Waals surface area contributed by atoms with Crippen LogP contribution in [0.25, 0.3) is 0 Å². The van der Waals surface area contributed by atoms with E-state index in [0.717, 1.165) is 38.0 Å². The summed E-state index contributed by atoms with van der Waals surface area (Å²) in [6.07, 6.45) is 11.2. The molecule has 0 spiro atoms. The molecular formula is C24H39BO4P. The van der Waals surface area contributed by atoms with E-state index in [1.807, 2.05) is 18.2 Å². The first-order valence-electron chi connectivity index (χ1n) is 11.3. The molecule has 0 aliphatic carbocycles. The Hall–Kier alpha value is -1.35. The second-order valence-electron chi connectivity index (χ2n) is 7.38. The molecule has 0 bridgehead atoms. The number of benzene rings is 1. The van der Waals surface area contributed by atoms with Crippen molar-refractivity contribution in [2.24, 2.45) is 0 Å². The van der Waals surface area contributed by atoms with Crippen molar-refractivity contribution >= 4 is 33.6 Å². The van der Waals surface area contributed by atoms with E-state index in [0.29, 0.717) is 26.1 Å². The van der Waals surface area contributed by atoms with Crippen molar-refractivity contribution in [1.29, 1.82) is 0 Å². The van der Waals surface area contributed by atoms with E-state index < -0.39 is 7.92 Å². The zero-order chi connectivity index (χ0) is 21.2. The molecule has 0 aromatic heterocycles. The molecule has 0 saturated carbocycles. The van der Waals surface area contributed by atoms with E-state index in [1.54, 1.807) is 0 Å². The molecule has 0 aliphatic rings. The Labute approximate surface area is 186 Å². The molecule has 3 radical (unpaired) electrons. The molecule has 0 fully saturated rings. The first-order valence-corrected chi connectivity index (χ1v) is 13.0. The summed E-state index contributed by atoms with van der Waals surface area (Å²) in [7, 11) is -0.571. The van der Waals surface area contributed by atoms with Crippen LogP contribution in [-0.2, 0) is 19.1 Å². The van der Waals surface area contributed by atoms with Crippen LogP contribution in [0.2, 0.25) is 0 Å². The zero-order valence-corrected chi connectivity index (χ0v) is 19.8. The molecule has 0 atom stereocenters. The summed E-state index contributed by atoms with van der Waals surface area (Å²) >= 11 is 0. The Morgan fingerprint density at radius 3 is 1.63 bits per heavy atom. The zero-order valence-electron chi connectivity index (χ0n) is 18.9. The molecular weight excluding hydrogens is 394 g/mol. The third kappa shape index (κ3) is 14.6. The summed E-state index contributed by atoms with van der Waals surface area (Å²) in [4.78, 5) is 24.1. The van der Waals surface area contributed by atoms with Gasteiger partial charge >= 0.3 is 11.9 Å². The van der Waals surface area contributed by atoms with Crippen LogP contribution in [-0.4, -0.2) is 45.9 Å². The van der Waals surface area contributed by atoms with E-state index in [1.165, 1.54) is 31.0 Å². The summed E-state index contributed by atoms with van der Waals surface area (Å²) in [5.41, 5.74) is 0. The summed E-state index contributed by atoms with van der Waals surface area (Å²) in [6.45, 7) is 5.37. The van der Waals surface area contributed by atoms with Gasteiger partial charge in [-0.3, -0.25) is 9.59 Å². The van der Waals surface area contributed by atoms with Crippen molar-refractivity contribution in [2.45, 2.75) is 78.1 Å². The van der Waals surface area contributed by atoms with Crippen LogP contribution >= 0.6 is 7.92 Å². The van der Waals surface area contributed by atoms with Crippen LogP contribution in [0, 0.1) is 0 Å². The molecule has 4 nitrogen and oxygen atoms in total. The van der Waals surface area contributed by atoms with E-state index in [9.17, 15) is 9.59 Å². The number of hydrogen-bond acceptors (Lipinski definition) is 4. The minimum absolute atomic E-state index is 0. The Balaban J connectivity index is 0.00000841. The first-order chi connectivity index (χ1) is 14.2. The molecule has 0 saturated heterocycles. The van der Waals surface area contributed by atoms with Crippen molar-refractivity contribution in [3.8, 4) is 0 Å². The van der Waals surface area contributed by atoms with Crippen molar-refractivity contribution in [3.63, 3.8) is 0 Å². The molecule has 0 aliphatic heterocycles. The van der Waals surface area contributed by atoms with Crippen LogP contribution in [0.4, 0.5) is 0 Å². The number of esters is 2. The second-order valence-corrected chi connectivity index (χ2v) is 9.88. The van der Waals surface area contributed by atoms with Gasteiger partial charge in [0.25, 0.3) is 0 Å². The summed E-state index contributed by atoms with van der Waals surface area (Å²) in [6, 6.07) is 10.2. The SMILES string of the molecule is CCCCCCOC(=O)CCP(CCC(=O)OCCCCCC)c1ccccc1.[B]. The van der Waals surface area contributed by atoms with Gasteiger partial charge in [-0.25, -0.2) is 0 Å². The number of ether oxygens (including phenoxy) is 2. The Morgan fingerprint density at radius 1 is 0.733 bits per heavy atom. The van der Waals surface area contributed by atoms with Crippen molar-refractivity contribution < 1.29 is 19.1 Å². The van der Waals surface area contributed by atoms with Crippen LogP contribution < -0.4 is 5.30 Å². The van der Waals surface area contributed by atoms with E-state index in [-0.39, 0.29) is 20.4 Å². The third-order valence-electron chi connectivity index (χ3n) is 4.81. The monoisotopic (exact) mass is 433 g/mol. The lowest BCUT2D eigenvalue weighted by molar-refractivity contribution is -0.144. The molecule has 1 rings (SSSR count). The average molecular weight is 433 g/mol. The van der Waals surface area contributed by atoms with Crippen molar-refractivity contribution in [2.75, 3.05) is 25.5 Å². The van der Waals surface area contributed by atoms with Gasteiger partial charge in [0.1, 0.15) is 0 Å². The molecule has 0 N–H and O–H groups in total. The maximum absolute atomic E-state index is 12.1. The first kappa shape index (κ1) is 28.7. The van der Waals surface area contributed by atoms with Crippen LogP contribution in [0.3, 0.4) is 0 Å². The smallest absolute Gasteiger partial charge is 0.306 e. The Kier molecular flexibility index (Phi) is 18.7. The highest BCUT2D eigenvalue weighted by Gasteiger charge is 2.16. The van der Waals surface area contributed by atoms with Gasteiger partial charge in [-0.2, -0.15) is 0 Å². The normalized spacial score (nSPS) is 10.5. The second kappa shape index (κ2) is 19.6. The van der Waals surface area contributed by atoms with Gasteiger partial charge in [0.05, 0.1) is 13.2 Å². The largest absolute Gasteiger partial charge is 0.466 e. The predicted molar refractivity (Wildman–Crippen MR) is 128 cm³/mol. The lowest BCUT2D eigenvalue weighted by Crippen LogP contribution is -2.14. The number of carbonyl (C=O) groups excluding carboxylic acids is 2. The quantitative estimate of drug-likeness (QED) is 0.142. The van der Waals surface area contributed by atoms with E-state index >= 15 is 0 Å².